The molecule has 0 N–H and O–H groups in total. The third kappa shape index (κ3) is 4.14. The number of para-hydroxylation sites is 1. The van der Waals surface area contributed by atoms with Crippen LogP contribution in [0.1, 0.15) is 0 Å². The number of carbonyl (C=O) groups excluding carboxylic acids is 1. The van der Waals surface area contributed by atoms with E-state index in [1.165, 1.54) is 0 Å². The van der Waals surface area contributed by atoms with Crippen molar-refractivity contribution in [3.63, 3.8) is 0 Å². The predicted octanol–water partition coefficient (Wildman–Crippen LogP) is 5.32. The van der Waals surface area contributed by atoms with E-state index in [0.29, 0.717) is 5.75 Å². The van der Waals surface area contributed by atoms with Gasteiger partial charge in [-0.25, -0.2) is 0 Å². The average Bonchev–Trinajstić information content (AvgIpc) is 2.85. The van der Waals surface area contributed by atoms with Crippen molar-refractivity contribution in [2.24, 2.45) is 0 Å². The molecule has 0 unspecified atom stereocenters. The molecule has 0 heterocycles. The molecule has 0 aliphatic heterocycles. The third-order valence-corrected chi connectivity index (χ3v) is 12.7. The van der Waals surface area contributed by atoms with Crippen LogP contribution >= 0.6 is 17.2 Å². The van der Waals surface area contributed by atoms with Crippen LogP contribution in [0, 0.1) is 0 Å². The molecule has 0 saturated heterocycles. The van der Waals surface area contributed by atoms with Gasteiger partial charge in [-0.15, -0.1) is 0 Å². The average molecular weight is 447 g/mol. The number of carbonyl (C=O) groups is 1. The molecule has 4 rings (SSSR count). The second-order valence-corrected chi connectivity index (χ2v) is 14.0. The summed E-state index contributed by atoms with van der Waals surface area (Å²) < 4.78 is 5.78. The standard InChI is InChI=1S/C27H24ClO2P/c28-31(25-15-7-2-8-16-25,26-17-9-3-10-18-26,27-19-11-4-12-20-27)22-23(29)21-30-24-13-5-1-6-14-24/h1-20H,21-22H2. The molecule has 0 bridgehead atoms. The number of hydrogen-bond donors (Lipinski definition) is 0. The zero-order valence-electron chi connectivity index (χ0n) is 17.1. The second-order valence-electron chi connectivity index (χ2n) is 7.49. The molecule has 4 aromatic carbocycles. The quantitative estimate of drug-likeness (QED) is 0.342. The molecule has 0 aliphatic carbocycles. The molecule has 2 nitrogen and oxygen atoms in total. The number of rotatable bonds is 8. The monoisotopic (exact) mass is 446 g/mol. The van der Waals surface area contributed by atoms with E-state index in [9.17, 15) is 4.79 Å². The zero-order valence-corrected chi connectivity index (χ0v) is 18.8. The summed E-state index contributed by atoms with van der Waals surface area (Å²) in [6.07, 6.45) is 0.179. The van der Waals surface area contributed by atoms with Crippen molar-refractivity contribution < 1.29 is 9.53 Å². The summed E-state index contributed by atoms with van der Waals surface area (Å²) in [6, 6.07) is 39.4. The molecule has 4 aromatic rings. The molecule has 0 saturated carbocycles. The number of benzene rings is 4. The first-order valence-electron chi connectivity index (χ1n) is 10.2. The Morgan fingerprint density at radius 1 is 0.613 bits per heavy atom. The van der Waals surface area contributed by atoms with E-state index < -0.39 is 5.96 Å². The maximum atomic E-state index is 13.4. The van der Waals surface area contributed by atoms with Gasteiger partial charge in [-0.3, -0.25) is 0 Å². The van der Waals surface area contributed by atoms with E-state index in [1.807, 2.05) is 121 Å². The van der Waals surface area contributed by atoms with Gasteiger partial charge in [0.2, 0.25) is 0 Å². The summed E-state index contributed by atoms with van der Waals surface area (Å²) in [6.45, 7) is -0.0267. The van der Waals surface area contributed by atoms with Crippen molar-refractivity contribution in [2.45, 2.75) is 0 Å². The van der Waals surface area contributed by atoms with E-state index in [2.05, 4.69) is 0 Å². The summed E-state index contributed by atoms with van der Waals surface area (Å²) in [5, 5.41) is 2.92. The van der Waals surface area contributed by atoms with Crippen LogP contribution in [0.5, 0.6) is 5.75 Å². The third-order valence-electron chi connectivity index (χ3n) is 5.50. The maximum absolute atomic E-state index is 13.4. The molecule has 0 radical (unpaired) electrons. The molecule has 0 aromatic heterocycles. The predicted molar refractivity (Wildman–Crippen MR) is 133 cm³/mol. The van der Waals surface area contributed by atoms with Crippen LogP contribution in [0.4, 0.5) is 0 Å². The van der Waals surface area contributed by atoms with Crippen LogP contribution in [-0.2, 0) is 4.79 Å². The van der Waals surface area contributed by atoms with Crippen LogP contribution in [0.3, 0.4) is 0 Å². The minimum atomic E-state index is -3.60. The fourth-order valence-corrected chi connectivity index (χ4v) is 9.99. The molecule has 31 heavy (non-hydrogen) atoms. The molecule has 156 valence electrons. The van der Waals surface area contributed by atoms with Crippen LogP contribution in [0.25, 0.3) is 0 Å². The van der Waals surface area contributed by atoms with Crippen molar-refractivity contribution in [3.05, 3.63) is 121 Å². The van der Waals surface area contributed by atoms with Gasteiger partial charge in [0.15, 0.2) is 0 Å². The van der Waals surface area contributed by atoms with Crippen LogP contribution < -0.4 is 20.7 Å². The second kappa shape index (κ2) is 9.06. The molecule has 0 aliphatic rings. The fraction of sp³-hybridized carbons (Fsp3) is 0.0741. The van der Waals surface area contributed by atoms with Crippen LogP contribution in [0.2, 0.25) is 0 Å². The summed E-state index contributed by atoms with van der Waals surface area (Å²) >= 11 is 7.90. The van der Waals surface area contributed by atoms with Crippen molar-refractivity contribution in [2.75, 3.05) is 12.8 Å². The van der Waals surface area contributed by atoms with Crippen molar-refractivity contribution in [3.8, 4) is 5.75 Å². The Labute approximate surface area is 188 Å². The van der Waals surface area contributed by atoms with Crippen molar-refractivity contribution in [1.82, 2.24) is 0 Å². The molecule has 0 amide bonds. The van der Waals surface area contributed by atoms with Gasteiger partial charge >= 0.3 is 188 Å². The van der Waals surface area contributed by atoms with Crippen molar-refractivity contribution in [1.29, 1.82) is 0 Å². The zero-order chi connectivity index (χ0) is 21.6. The topological polar surface area (TPSA) is 26.3 Å². The van der Waals surface area contributed by atoms with E-state index in [0.717, 1.165) is 15.9 Å². The van der Waals surface area contributed by atoms with Crippen LogP contribution in [-0.4, -0.2) is 18.6 Å². The van der Waals surface area contributed by atoms with Crippen molar-refractivity contribution >= 4 is 38.9 Å². The van der Waals surface area contributed by atoms with Gasteiger partial charge in [0.25, 0.3) is 0 Å². The molecule has 0 atom stereocenters. The van der Waals surface area contributed by atoms with Gasteiger partial charge in [0.05, 0.1) is 0 Å². The number of hydrogen-bond acceptors (Lipinski definition) is 2. The van der Waals surface area contributed by atoms with Gasteiger partial charge in [0.1, 0.15) is 0 Å². The molecule has 0 spiro atoms. The Hall–Kier alpha value is -2.93. The molecule has 4 heteroatoms. The van der Waals surface area contributed by atoms with Gasteiger partial charge in [-0.1, -0.05) is 0 Å². The SMILES string of the molecule is O=C(COc1ccccc1)CP(Cl)(c1ccccc1)(c1ccccc1)c1ccccc1. The van der Waals surface area contributed by atoms with Gasteiger partial charge in [0, 0.05) is 0 Å². The Morgan fingerprint density at radius 2 is 0.968 bits per heavy atom. The Kier molecular flexibility index (Phi) is 6.23. The number of ether oxygens (including phenoxy) is 1. The van der Waals surface area contributed by atoms with E-state index in [-0.39, 0.29) is 18.6 Å². The summed E-state index contributed by atoms with van der Waals surface area (Å²) in [5.74, 6) is -2.96. The summed E-state index contributed by atoms with van der Waals surface area (Å²) in [7, 11) is 0. The molecular weight excluding hydrogens is 423 g/mol. The molecule has 0 fully saturated rings. The van der Waals surface area contributed by atoms with E-state index in [1.54, 1.807) is 0 Å². The first kappa shape index (κ1) is 21.3. The normalized spacial score (nSPS) is 12.5. The Morgan fingerprint density at radius 3 is 1.35 bits per heavy atom. The Bertz CT molecular complexity index is 1030. The van der Waals surface area contributed by atoms with Gasteiger partial charge in [-0.05, 0) is 0 Å². The van der Waals surface area contributed by atoms with Gasteiger partial charge < -0.3 is 0 Å². The number of Topliss-reactive ketones (excluding diaryl/α,β-unsaturated/α-hetero) is 1. The van der Waals surface area contributed by atoms with E-state index >= 15 is 0 Å². The number of halogens is 1. The Balaban J connectivity index is 1.83. The summed E-state index contributed by atoms with van der Waals surface area (Å²) in [5.41, 5.74) is 0. The first-order chi connectivity index (χ1) is 15.1. The van der Waals surface area contributed by atoms with E-state index in [4.69, 9.17) is 16.0 Å². The fourth-order valence-electron chi connectivity index (χ4n) is 3.99. The number of ketones is 1. The molecular formula is C27H24ClO2P. The first-order valence-corrected chi connectivity index (χ1v) is 13.5. The minimum absolute atomic E-state index is 0.0267. The van der Waals surface area contributed by atoms with Crippen LogP contribution in [0.15, 0.2) is 121 Å². The van der Waals surface area contributed by atoms with Gasteiger partial charge in [-0.2, -0.15) is 0 Å². The summed E-state index contributed by atoms with van der Waals surface area (Å²) in [4.78, 5) is 13.4.